The zero-order valence-corrected chi connectivity index (χ0v) is 10.1. The molecule has 19 heavy (non-hydrogen) atoms. The zero-order chi connectivity index (χ0) is 13.4. The van der Waals surface area contributed by atoms with Crippen molar-refractivity contribution in [2.24, 2.45) is 0 Å². The van der Waals surface area contributed by atoms with Crippen LogP contribution in [0.15, 0.2) is 23.4 Å². The van der Waals surface area contributed by atoms with Crippen molar-refractivity contribution < 1.29 is 0 Å². The fourth-order valence-electron chi connectivity index (χ4n) is 2.07. The third kappa shape index (κ3) is 1.54. The standard InChI is InChI=1S/C12H10N6O/c1-2-9-10(8-4-14-15-5-8)17-11-7(3-13)6-16-18(11)12(9)19/h4-6,16H,2H2,1H3,(H,14,15). The van der Waals surface area contributed by atoms with Gasteiger partial charge in [0.1, 0.15) is 11.6 Å². The number of aromatic amines is 2. The van der Waals surface area contributed by atoms with Gasteiger partial charge in [-0.25, -0.2) is 9.50 Å². The second kappa shape index (κ2) is 4.10. The Hall–Kier alpha value is -2.88. The van der Waals surface area contributed by atoms with E-state index in [4.69, 9.17) is 5.26 Å². The van der Waals surface area contributed by atoms with Gasteiger partial charge in [-0.3, -0.25) is 15.0 Å². The lowest BCUT2D eigenvalue weighted by atomic mass is 10.1. The minimum atomic E-state index is -0.190. The molecule has 0 saturated heterocycles. The van der Waals surface area contributed by atoms with Crippen molar-refractivity contribution in [2.45, 2.75) is 13.3 Å². The second-order valence-electron chi connectivity index (χ2n) is 4.04. The maximum Gasteiger partial charge on any atom is 0.276 e. The van der Waals surface area contributed by atoms with Crippen molar-refractivity contribution in [3.05, 3.63) is 40.1 Å². The number of fused-ring (bicyclic) bond motifs is 1. The highest BCUT2D eigenvalue weighted by Crippen LogP contribution is 2.20. The first-order valence-corrected chi connectivity index (χ1v) is 5.78. The third-order valence-corrected chi connectivity index (χ3v) is 3.00. The van der Waals surface area contributed by atoms with Gasteiger partial charge in [0, 0.05) is 23.5 Å². The van der Waals surface area contributed by atoms with E-state index in [2.05, 4.69) is 20.3 Å². The first-order chi connectivity index (χ1) is 9.26. The molecular formula is C12H10N6O. The van der Waals surface area contributed by atoms with Crippen LogP contribution < -0.4 is 5.56 Å². The van der Waals surface area contributed by atoms with Gasteiger partial charge in [-0.15, -0.1) is 0 Å². The first-order valence-electron chi connectivity index (χ1n) is 5.78. The lowest BCUT2D eigenvalue weighted by Gasteiger charge is -2.05. The van der Waals surface area contributed by atoms with E-state index in [1.165, 1.54) is 10.7 Å². The number of rotatable bonds is 2. The molecule has 0 unspecified atom stereocenters. The lowest BCUT2D eigenvalue weighted by molar-refractivity contribution is 0.870. The topological polar surface area (TPSA) is 103 Å². The van der Waals surface area contributed by atoms with Crippen molar-refractivity contribution in [2.75, 3.05) is 0 Å². The van der Waals surface area contributed by atoms with Crippen LogP contribution in [0.25, 0.3) is 16.9 Å². The Bertz CT molecular complexity index is 834. The molecule has 0 aromatic carbocycles. The normalized spacial score (nSPS) is 10.7. The fourth-order valence-corrected chi connectivity index (χ4v) is 2.07. The smallest absolute Gasteiger partial charge is 0.276 e. The van der Waals surface area contributed by atoms with Gasteiger partial charge in [-0.2, -0.15) is 10.4 Å². The van der Waals surface area contributed by atoms with Crippen LogP contribution in [0, 0.1) is 11.3 Å². The maximum atomic E-state index is 12.4. The Kier molecular flexibility index (Phi) is 2.42. The van der Waals surface area contributed by atoms with E-state index < -0.39 is 0 Å². The van der Waals surface area contributed by atoms with Crippen molar-refractivity contribution in [3.63, 3.8) is 0 Å². The van der Waals surface area contributed by atoms with Gasteiger partial charge >= 0.3 is 0 Å². The highest BCUT2D eigenvalue weighted by molar-refractivity contribution is 5.66. The number of nitriles is 1. The molecule has 0 bridgehead atoms. The summed E-state index contributed by atoms with van der Waals surface area (Å²) in [7, 11) is 0. The molecule has 2 N–H and O–H groups in total. The van der Waals surface area contributed by atoms with Crippen molar-refractivity contribution >= 4 is 5.65 Å². The Labute approximate surface area is 107 Å². The van der Waals surface area contributed by atoms with Crippen LogP contribution in [0.4, 0.5) is 0 Å². The van der Waals surface area contributed by atoms with Crippen LogP contribution in [-0.4, -0.2) is 24.8 Å². The molecule has 7 nitrogen and oxygen atoms in total. The highest BCUT2D eigenvalue weighted by Gasteiger charge is 2.16. The van der Waals surface area contributed by atoms with Gasteiger partial charge in [-0.05, 0) is 6.42 Å². The van der Waals surface area contributed by atoms with E-state index in [1.54, 1.807) is 12.4 Å². The minimum absolute atomic E-state index is 0.190. The Morgan fingerprint density at radius 3 is 2.95 bits per heavy atom. The quantitative estimate of drug-likeness (QED) is 0.707. The molecular weight excluding hydrogens is 244 g/mol. The molecule has 0 aliphatic carbocycles. The van der Waals surface area contributed by atoms with E-state index in [1.807, 2.05) is 13.0 Å². The number of hydrogen-bond donors (Lipinski definition) is 2. The molecule has 0 atom stereocenters. The predicted molar refractivity (Wildman–Crippen MR) is 67.5 cm³/mol. The van der Waals surface area contributed by atoms with Crippen molar-refractivity contribution in [3.8, 4) is 17.3 Å². The van der Waals surface area contributed by atoms with Crippen LogP contribution in [0.3, 0.4) is 0 Å². The number of nitrogens with one attached hydrogen (secondary N) is 2. The summed E-state index contributed by atoms with van der Waals surface area (Å²) in [5.41, 5.74) is 2.37. The van der Waals surface area contributed by atoms with E-state index in [9.17, 15) is 4.79 Å². The van der Waals surface area contributed by atoms with E-state index in [-0.39, 0.29) is 5.56 Å². The maximum absolute atomic E-state index is 12.4. The lowest BCUT2D eigenvalue weighted by Crippen LogP contribution is -2.21. The van der Waals surface area contributed by atoms with Crippen molar-refractivity contribution in [1.29, 1.82) is 5.26 Å². The molecule has 3 aromatic rings. The SMILES string of the molecule is CCc1c(-c2cn[nH]c2)nc2c(C#N)c[nH]n2c1=O. The molecule has 0 amide bonds. The van der Waals surface area contributed by atoms with Crippen LogP contribution in [-0.2, 0) is 6.42 Å². The second-order valence-corrected chi connectivity index (χ2v) is 4.04. The average molecular weight is 254 g/mol. The van der Waals surface area contributed by atoms with Gasteiger partial charge in [0.05, 0.1) is 11.9 Å². The summed E-state index contributed by atoms with van der Waals surface area (Å²) >= 11 is 0. The number of hydrogen-bond acceptors (Lipinski definition) is 4. The molecule has 7 heteroatoms. The minimum Gasteiger partial charge on any atom is -0.295 e. The summed E-state index contributed by atoms with van der Waals surface area (Å²) in [6.45, 7) is 1.89. The zero-order valence-electron chi connectivity index (χ0n) is 10.1. The Morgan fingerprint density at radius 2 is 2.32 bits per heavy atom. The highest BCUT2D eigenvalue weighted by atomic mass is 16.1. The Balaban J connectivity index is 2.44. The molecule has 0 spiro atoms. The molecule has 0 aliphatic rings. The molecule has 3 rings (SSSR count). The Morgan fingerprint density at radius 1 is 1.47 bits per heavy atom. The van der Waals surface area contributed by atoms with Crippen LogP contribution in [0.1, 0.15) is 18.1 Å². The molecule has 3 heterocycles. The average Bonchev–Trinajstić information content (AvgIpc) is 3.07. The monoisotopic (exact) mass is 254 g/mol. The third-order valence-electron chi connectivity index (χ3n) is 3.00. The van der Waals surface area contributed by atoms with Crippen LogP contribution in [0.5, 0.6) is 0 Å². The molecule has 0 fully saturated rings. The molecule has 94 valence electrons. The molecule has 0 aliphatic heterocycles. The van der Waals surface area contributed by atoms with E-state index in [0.717, 1.165) is 5.56 Å². The van der Waals surface area contributed by atoms with Crippen LogP contribution >= 0.6 is 0 Å². The van der Waals surface area contributed by atoms with Crippen molar-refractivity contribution in [1.82, 2.24) is 24.8 Å². The number of H-pyrrole nitrogens is 2. The summed E-state index contributed by atoms with van der Waals surface area (Å²) in [4.78, 5) is 16.8. The van der Waals surface area contributed by atoms with Gasteiger partial charge < -0.3 is 0 Å². The summed E-state index contributed by atoms with van der Waals surface area (Å²) in [6, 6.07) is 2.01. The molecule has 0 saturated carbocycles. The van der Waals surface area contributed by atoms with Gasteiger partial charge in [0.15, 0.2) is 5.65 Å². The van der Waals surface area contributed by atoms with Gasteiger partial charge in [-0.1, -0.05) is 6.92 Å². The largest absolute Gasteiger partial charge is 0.295 e. The predicted octanol–water partition coefficient (Wildman–Crippen LogP) is 0.847. The summed E-state index contributed by atoms with van der Waals surface area (Å²) < 4.78 is 1.29. The van der Waals surface area contributed by atoms with Crippen LogP contribution in [0.2, 0.25) is 0 Å². The first kappa shape index (κ1) is 11.2. The molecule has 0 radical (unpaired) electrons. The number of nitrogens with zero attached hydrogens (tertiary/aromatic N) is 4. The van der Waals surface area contributed by atoms with E-state index in [0.29, 0.717) is 28.9 Å². The summed E-state index contributed by atoms with van der Waals surface area (Å²) in [6.07, 6.45) is 5.31. The molecule has 3 aromatic heterocycles. The van der Waals surface area contributed by atoms with Gasteiger partial charge in [0.25, 0.3) is 5.56 Å². The summed E-state index contributed by atoms with van der Waals surface area (Å²) in [5.74, 6) is 0. The summed E-state index contributed by atoms with van der Waals surface area (Å²) in [5, 5.41) is 18.3. The fraction of sp³-hybridized carbons (Fsp3) is 0.167. The van der Waals surface area contributed by atoms with E-state index >= 15 is 0 Å². The van der Waals surface area contributed by atoms with Gasteiger partial charge in [0.2, 0.25) is 0 Å². The number of aromatic nitrogens is 5.